The molecule has 2 aliphatic heterocycles. The minimum absolute atomic E-state index is 0.0181. The van der Waals surface area contributed by atoms with Crippen molar-refractivity contribution in [3.05, 3.63) is 17.7 Å². The van der Waals surface area contributed by atoms with Crippen LogP contribution in [-0.4, -0.2) is 75.1 Å². The number of methoxy groups -OCH3 is 1. The van der Waals surface area contributed by atoms with E-state index in [0.717, 1.165) is 25.9 Å². The topological polar surface area (TPSA) is 106 Å². The Morgan fingerprint density at radius 1 is 1.41 bits per heavy atom. The summed E-state index contributed by atoms with van der Waals surface area (Å²) >= 11 is 0. The van der Waals surface area contributed by atoms with Crippen molar-refractivity contribution in [2.75, 3.05) is 58.8 Å². The number of amides is 1. The number of ether oxygens (including phenoxy) is 3. The molecular weight excluding hydrogens is 350 g/mol. The fraction of sp³-hybridized carbons (Fsp3) is 0.632. The summed E-state index contributed by atoms with van der Waals surface area (Å²) in [5, 5.41) is 13.3. The molecule has 1 amide bonds. The molecule has 8 nitrogen and oxygen atoms in total. The van der Waals surface area contributed by atoms with Gasteiger partial charge in [-0.3, -0.25) is 9.69 Å². The van der Waals surface area contributed by atoms with Crippen molar-refractivity contribution in [1.29, 1.82) is 0 Å². The molecule has 1 saturated heterocycles. The highest BCUT2D eigenvalue weighted by atomic mass is 16.5. The van der Waals surface area contributed by atoms with Gasteiger partial charge >= 0.3 is 0 Å². The van der Waals surface area contributed by atoms with Crippen LogP contribution in [0.5, 0.6) is 11.5 Å². The van der Waals surface area contributed by atoms with E-state index < -0.39 is 6.10 Å². The van der Waals surface area contributed by atoms with Crippen LogP contribution in [0.2, 0.25) is 0 Å². The van der Waals surface area contributed by atoms with Gasteiger partial charge in [0.05, 0.1) is 31.5 Å². The predicted octanol–water partition coefficient (Wildman–Crippen LogP) is 0.489. The van der Waals surface area contributed by atoms with Crippen LogP contribution >= 0.6 is 0 Å². The average molecular weight is 379 g/mol. The second-order valence-corrected chi connectivity index (χ2v) is 7.07. The van der Waals surface area contributed by atoms with Crippen molar-refractivity contribution >= 4 is 11.6 Å². The summed E-state index contributed by atoms with van der Waals surface area (Å²) in [5.41, 5.74) is 6.74. The number of fused-ring (bicyclic) bond motifs is 1. The number of nitrogens with two attached hydrogens (primary N) is 1. The Morgan fingerprint density at radius 3 is 3.00 bits per heavy atom. The van der Waals surface area contributed by atoms with Crippen molar-refractivity contribution < 1.29 is 24.1 Å². The van der Waals surface area contributed by atoms with Gasteiger partial charge in [-0.1, -0.05) is 0 Å². The van der Waals surface area contributed by atoms with Crippen LogP contribution in [0.25, 0.3) is 0 Å². The van der Waals surface area contributed by atoms with E-state index in [2.05, 4.69) is 10.2 Å². The molecule has 1 aromatic rings. The quantitative estimate of drug-likeness (QED) is 0.618. The normalized spacial score (nSPS) is 22.9. The number of aliphatic hydroxyl groups is 1. The van der Waals surface area contributed by atoms with Gasteiger partial charge in [0.15, 0.2) is 11.5 Å². The highest BCUT2D eigenvalue weighted by molar-refractivity contribution is 5.98. The van der Waals surface area contributed by atoms with Crippen molar-refractivity contribution in [1.82, 2.24) is 10.2 Å². The molecule has 8 heteroatoms. The van der Waals surface area contributed by atoms with E-state index in [1.54, 1.807) is 19.2 Å². The van der Waals surface area contributed by atoms with Crippen LogP contribution < -0.4 is 20.5 Å². The van der Waals surface area contributed by atoms with E-state index in [1.165, 1.54) is 0 Å². The first kappa shape index (κ1) is 19.7. The number of hydrogen-bond acceptors (Lipinski definition) is 7. The molecule has 27 heavy (non-hydrogen) atoms. The second-order valence-electron chi connectivity index (χ2n) is 7.07. The van der Waals surface area contributed by atoms with Gasteiger partial charge in [-0.25, -0.2) is 0 Å². The van der Waals surface area contributed by atoms with Gasteiger partial charge in [-0.15, -0.1) is 0 Å². The van der Waals surface area contributed by atoms with Crippen LogP contribution in [0.15, 0.2) is 12.1 Å². The maximum atomic E-state index is 12.7. The Hall–Kier alpha value is -2.03. The zero-order chi connectivity index (χ0) is 19.2. The Bertz CT molecular complexity index is 654. The van der Waals surface area contributed by atoms with Gasteiger partial charge in [0.1, 0.15) is 0 Å². The number of anilines is 1. The number of β-amino-alcohol motifs (C(OH)–C–C–N with tert-alkyl or cyclic N) is 1. The molecule has 0 spiro atoms. The number of likely N-dealkylation sites (tertiary alicyclic amines) is 1. The molecule has 0 aromatic heterocycles. The molecule has 1 aromatic carbocycles. The number of benzene rings is 1. The van der Waals surface area contributed by atoms with E-state index in [1.807, 2.05) is 0 Å². The summed E-state index contributed by atoms with van der Waals surface area (Å²) < 4.78 is 16.4. The number of carbonyl (C=O) groups is 1. The summed E-state index contributed by atoms with van der Waals surface area (Å²) in [6, 6.07) is 3.28. The maximum Gasteiger partial charge on any atom is 0.255 e. The molecule has 0 radical (unpaired) electrons. The smallest absolute Gasteiger partial charge is 0.255 e. The van der Waals surface area contributed by atoms with Gasteiger partial charge in [0.25, 0.3) is 5.91 Å². The van der Waals surface area contributed by atoms with Crippen molar-refractivity contribution in [2.45, 2.75) is 18.9 Å². The molecule has 0 aliphatic carbocycles. The lowest BCUT2D eigenvalue weighted by Crippen LogP contribution is -2.48. The van der Waals surface area contributed by atoms with Crippen LogP contribution in [0.1, 0.15) is 23.2 Å². The number of piperidine rings is 1. The molecule has 2 aliphatic rings. The molecule has 2 atom stereocenters. The Labute approximate surface area is 159 Å². The van der Waals surface area contributed by atoms with Gasteiger partial charge in [0.2, 0.25) is 0 Å². The monoisotopic (exact) mass is 379 g/mol. The van der Waals surface area contributed by atoms with E-state index in [9.17, 15) is 9.90 Å². The zero-order valence-electron chi connectivity index (χ0n) is 15.8. The molecule has 0 bridgehead atoms. The Morgan fingerprint density at radius 2 is 2.22 bits per heavy atom. The third-order valence-electron chi connectivity index (χ3n) is 5.06. The summed E-state index contributed by atoms with van der Waals surface area (Å²) in [6.07, 6.45) is 1.09. The van der Waals surface area contributed by atoms with Crippen molar-refractivity contribution in [2.24, 2.45) is 5.92 Å². The average Bonchev–Trinajstić information content (AvgIpc) is 2.90. The third-order valence-corrected chi connectivity index (χ3v) is 5.06. The number of hydrogen-bond donors (Lipinski definition) is 3. The molecule has 2 heterocycles. The number of rotatable bonds is 6. The summed E-state index contributed by atoms with van der Waals surface area (Å²) in [6.45, 7) is 4.36. The lowest BCUT2D eigenvalue weighted by Gasteiger charge is -2.35. The molecule has 3 rings (SSSR count). The highest BCUT2D eigenvalue weighted by Crippen LogP contribution is 2.35. The van der Waals surface area contributed by atoms with Crippen LogP contribution in [0, 0.1) is 5.92 Å². The standard InChI is InChI=1S/C19H29N3O5/c1-25-8-5-22-4-3-13(16(23)12-22)11-21-19(24)15-9-14(20)10-17-18(15)27-7-2-6-26-17/h9-10,13,16,23H,2-8,11-12,20H2,1H3,(H,21,24)/t13-,16?/m0/s1. The maximum absolute atomic E-state index is 12.7. The number of aliphatic hydroxyl groups excluding tert-OH is 1. The van der Waals surface area contributed by atoms with Crippen LogP contribution in [0.3, 0.4) is 0 Å². The first-order valence-electron chi connectivity index (χ1n) is 9.45. The molecule has 1 unspecified atom stereocenters. The van der Waals surface area contributed by atoms with E-state index in [0.29, 0.717) is 55.7 Å². The van der Waals surface area contributed by atoms with E-state index in [4.69, 9.17) is 19.9 Å². The van der Waals surface area contributed by atoms with Crippen LogP contribution in [-0.2, 0) is 4.74 Å². The molecule has 1 fully saturated rings. The first-order chi connectivity index (χ1) is 13.1. The lowest BCUT2D eigenvalue weighted by molar-refractivity contribution is 0.0132. The summed E-state index contributed by atoms with van der Waals surface area (Å²) in [7, 11) is 1.67. The lowest BCUT2D eigenvalue weighted by atomic mass is 9.93. The minimum Gasteiger partial charge on any atom is -0.489 e. The van der Waals surface area contributed by atoms with Gasteiger partial charge in [-0.2, -0.15) is 0 Å². The Balaban J connectivity index is 1.59. The fourth-order valence-electron chi connectivity index (χ4n) is 3.49. The summed E-state index contributed by atoms with van der Waals surface area (Å²) in [5.74, 6) is 0.695. The molecule has 150 valence electrons. The van der Waals surface area contributed by atoms with Crippen LogP contribution in [0.4, 0.5) is 5.69 Å². The Kier molecular flexibility index (Phi) is 6.76. The first-order valence-corrected chi connectivity index (χ1v) is 9.45. The van der Waals surface area contributed by atoms with E-state index >= 15 is 0 Å². The number of carbonyl (C=O) groups excluding carboxylic acids is 1. The van der Waals surface area contributed by atoms with Gasteiger partial charge < -0.3 is 30.4 Å². The fourth-order valence-corrected chi connectivity index (χ4v) is 3.49. The van der Waals surface area contributed by atoms with E-state index in [-0.39, 0.29) is 11.8 Å². The molecule has 0 saturated carbocycles. The highest BCUT2D eigenvalue weighted by Gasteiger charge is 2.28. The number of nitrogen functional groups attached to an aromatic ring is 1. The minimum atomic E-state index is -0.478. The third kappa shape index (κ3) is 5.03. The SMILES string of the molecule is COCCN1CC[C@@H](CNC(=O)c2cc(N)cc3c2OCCCO3)C(O)C1. The number of nitrogens with one attached hydrogen (secondary N) is 1. The second kappa shape index (κ2) is 9.25. The largest absolute Gasteiger partial charge is 0.489 e. The van der Waals surface area contributed by atoms with Crippen molar-refractivity contribution in [3.8, 4) is 11.5 Å². The summed E-state index contributed by atoms with van der Waals surface area (Å²) in [4.78, 5) is 14.9. The van der Waals surface area contributed by atoms with Gasteiger partial charge in [0, 0.05) is 50.8 Å². The molecular formula is C19H29N3O5. The van der Waals surface area contributed by atoms with Crippen molar-refractivity contribution in [3.63, 3.8) is 0 Å². The molecule has 4 N–H and O–H groups in total. The predicted molar refractivity (Wildman–Crippen MR) is 101 cm³/mol. The van der Waals surface area contributed by atoms with Gasteiger partial charge in [-0.05, 0) is 19.0 Å². The number of nitrogens with zero attached hydrogens (tertiary/aromatic N) is 1. The zero-order valence-corrected chi connectivity index (χ0v) is 15.8.